The molecule has 0 saturated carbocycles. The molecule has 0 aromatic carbocycles. The number of carboxylic acids is 1. The number of aliphatic carboxylic acids is 1. The minimum absolute atomic E-state index is 0.168. The van der Waals surface area contributed by atoms with Crippen molar-refractivity contribution in [2.75, 3.05) is 17.0 Å². The standard InChI is InChI=1S/C6H7F3N4O4S3/c7-6(8,9)2-10-20(16,17)13-4-11-12-5(19-4)18-1-3(14)15/h10H,1-2H2,(H,11,13)(H,14,15). The van der Waals surface area contributed by atoms with Gasteiger partial charge in [0.15, 0.2) is 4.34 Å². The van der Waals surface area contributed by atoms with Crippen molar-refractivity contribution in [3.05, 3.63) is 0 Å². The number of nitrogens with zero attached hydrogens (tertiary/aromatic N) is 2. The number of carboxylic acid groups (broad SMARTS) is 1. The molecule has 0 aliphatic rings. The first-order valence-corrected chi connectivity index (χ1v) is 7.88. The smallest absolute Gasteiger partial charge is 0.402 e. The Morgan fingerprint density at radius 2 is 2.05 bits per heavy atom. The Hall–Kier alpha value is -1.12. The second kappa shape index (κ2) is 6.55. The number of aromatic nitrogens is 2. The number of alkyl halides is 3. The molecule has 1 rings (SSSR count). The highest BCUT2D eigenvalue weighted by Gasteiger charge is 2.29. The predicted octanol–water partition coefficient (Wildman–Crippen LogP) is 0.523. The Morgan fingerprint density at radius 1 is 1.40 bits per heavy atom. The van der Waals surface area contributed by atoms with Gasteiger partial charge in [-0.25, -0.2) is 4.72 Å². The molecule has 0 aliphatic heterocycles. The minimum atomic E-state index is -4.68. The van der Waals surface area contributed by atoms with Crippen molar-refractivity contribution in [2.45, 2.75) is 10.5 Å². The first-order chi connectivity index (χ1) is 9.07. The van der Waals surface area contributed by atoms with Crippen molar-refractivity contribution in [1.82, 2.24) is 14.9 Å². The second-order valence-corrected chi connectivity index (χ2v) is 6.80. The van der Waals surface area contributed by atoms with Gasteiger partial charge < -0.3 is 5.11 Å². The molecule has 0 aliphatic carbocycles. The zero-order valence-electron chi connectivity index (χ0n) is 9.34. The van der Waals surface area contributed by atoms with Crippen LogP contribution in [0.4, 0.5) is 18.3 Å². The molecule has 0 radical (unpaired) electrons. The highest BCUT2D eigenvalue weighted by atomic mass is 32.2. The fraction of sp³-hybridized carbons (Fsp3) is 0.500. The molecular formula is C6H7F3N4O4S3. The summed E-state index contributed by atoms with van der Waals surface area (Å²) < 4.78 is 61.3. The SMILES string of the molecule is O=C(O)CSc1nnc(NS(=O)(=O)NCC(F)(F)F)s1. The molecule has 20 heavy (non-hydrogen) atoms. The van der Waals surface area contributed by atoms with Gasteiger partial charge in [0.25, 0.3) is 0 Å². The van der Waals surface area contributed by atoms with E-state index in [0.717, 1.165) is 11.8 Å². The summed E-state index contributed by atoms with van der Waals surface area (Å²) in [5.41, 5.74) is 0. The van der Waals surface area contributed by atoms with Crippen LogP contribution in [0.25, 0.3) is 0 Å². The van der Waals surface area contributed by atoms with Crippen LogP contribution in [0.1, 0.15) is 0 Å². The first-order valence-electron chi connectivity index (χ1n) is 4.60. The Kier molecular flexibility index (Phi) is 5.55. The Balaban J connectivity index is 2.57. The van der Waals surface area contributed by atoms with Crippen molar-refractivity contribution < 1.29 is 31.5 Å². The van der Waals surface area contributed by atoms with Crippen LogP contribution in [0, 0.1) is 0 Å². The Morgan fingerprint density at radius 3 is 2.60 bits per heavy atom. The van der Waals surface area contributed by atoms with Gasteiger partial charge in [-0.3, -0.25) is 4.79 Å². The van der Waals surface area contributed by atoms with E-state index in [1.165, 1.54) is 4.72 Å². The largest absolute Gasteiger partial charge is 0.481 e. The molecule has 1 aromatic rings. The molecule has 114 valence electrons. The lowest BCUT2D eigenvalue weighted by Crippen LogP contribution is -2.37. The van der Waals surface area contributed by atoms with Crippen LogP contribution in [0.3, 0.4) is 0 Å². The number of hydrogen-bond acceptors (Lipinski definition) is 7. The van der Waals surface area contributed by atoms with Crippen LogP contribution in [0.15, 0.2) is 4.34 Å². The molecule has 14 heteroatoms. The fourth-order valence-corrected chi connectivity index (χ4v) is 3.28. The number of anilines is 1. The van der Waals surface area contributed by atoms with Crippen molar-refractivity contribution in [3.63, 3.8) is 0 Å². The molecule has 0 bridgehead atoms. The fourth-order valence-electron chi connectivity index (χ4n) is 0.761. The van der Waals surface area contributed by atoms with Gasteiger partial charge in [0.2, 0.25) is 5.13 Å². The van der Waals surface area contributed by atoms with Crippen molar-refractivity contribution in [3.8, 4) is 0 Å². The maximum absolute atomic E-state index is 11.9. The van der Waals surface area contributed by atoms with Crippen LogP contribution < -0.4 is 9.44 Å². The van der Waals surface area contributed by atoms with Crippen LogP contribution in [0.2, 0.25) is 0 Å². The minimum Gasteiger partial charge on any atom is -0.481 e. The Labute approximate surface area is 119 Å². The van der Waals surface area contributed by atoms with E-state index in [1.54, 1.807) is 4.72 Å². The third-order valence-corrected chi connectivity index (χ3v) is 4.48. The van der Waals surface area contributed by atoms with Crippen LogP contribution in [0.5, 0.6) is 0 Å². The number of hydrogen-bond donors (Lipinski definition) is 3. The molecule has 1 aromatic heterocycles. The molecule has 8 nitrogen and oxygen atoms in total. The maximum Gasteiger partial charge on any atom is 0.402 e. The van der Waals surface area contributed by atoms with E-state index >= 15 is 0 Å². The highest BCUT2D eigenvalue weighted by Crippen LogP contribution is 2.25. The number of carbonyl (C=O) groups is 1. The monoisotopic (exact) mass is 352 g/mol. The second-order valence-electron chi connectivity index (χ2n) is 3.10. The summed E-state index contributed by atoms with van der Waals surface area (Å²) in [5, 5.41) is 15.0. The lowest BCUT2D eigenvalue weighted by Gasteiger charge is -2.08. The summed E-state index contributed by atoms with van der Waals surface area (Å²) in [5.74, 6) is -1.40. The molecular weight excluding hydrogens is 345 g/mol. The average molecular weight is 352 g/mol. The van der Waals surface area contributed by atoms with Crippen molar-refractivity contribution in [1.29, 1.82) is 0 Å². The number of halogens is 3. The van der Waals surface area contributed by atoms with Gasteiger partial charge in [-0.1, -0.05) is 23.1 Å². The van der Waals surface area contributed by atoms with Crippen LogP contribution in [-0.4, -0.2) is 48.2 Å². The summed E-state index contributed by atoms with van der Waals surface area (Å²) in [4.78, 5) is 10.3. The molecule has 0 atom stereocenters. The van der Waals surface area contributed by atoms with Crippen LogP contribution in [-0.2, 0) is 15.0 Å². The van der Waals surface area contributed by atoms with Gasteiger partial charge >= 0.3 is 22.4 Å². The van der Waals surface area contributed by atoms with Gasteiger partial charge in [0.05, 0.1) is 5.75 Å². The van der Waals surface area contributed by atoms with E-state index in [2.05, 4.69) is 10.2 Å². The molecule has 0 saturated heterocycles. The van der Waals surface area contributed by atoms with Gasteiger partial charge in [-0.15, -0.1) is 10.2 Å². The van der Waals surface area contributed by atoms with Gasteiger partial charge in [0.1, 0.15) is 6.54 Å². The normalized spacial score (nSPS) is 12.3. The van der Waals surface area contributed by atoms with E-state index in [9.17, 15) is 26.4 Å². The number of thioether (sulfide) groups is 1. The van der Waals surface area contributed by atoms with E-state index in [-0.39, 0.29) is 15.2 Å². The van der Waals surface area contributed by atoms with Gasteiger partial charge in [0, 0.05) is 0 Å². The van der Waals surface area contributed by atoms with E-state index < -0.39 is 28.9 Å². The highest BCUT2D eigenvalue weighted by molar-refractivity contribution is 8.01. The zero-order valence-corrected chi connectivity index (χ0v) is 11.8. The summed E-state index contributed by atoms with van der Waals surface area (Å²) in [7, 11) is -4.42. The third kappa shape index (κ3) is 6.88. The maximum atomic E-state index is 11.9. The summed E-state index contributed by atoms with van der Waals surface area (Å²) >= 11 is 1.50. The lowest BCUT2D eigenvalue weighted by atomic mass is 10.7. The average Bonchev–Trinajstić information content (AvgIpc) is 2.70. The lowest BCUT2D eigenvalue weighted by molar-refractivity contribution is -0.134. The quantitative estimate of drug-likeness (QED) is 0.612. The summed E-state index contributed by atoms with van der Waals surface area (Å²) in [6.07, 6.45) is -4.68. The predicted molar refractivity (Wildman–Crippen MR) is 64.9 cm³/mol. The molecule has 1 heterocycles. The van der Waals surface area contributed by atoms with E-state index in [1.807, 2.05) is 0 Å². The van der Waals surface area contributed by atoms with Gasteiger partial charge in [-0.05, 0) is 0 Å². The third-order valence-electron chi connectivity index (χ3n) is 1.41. The molecule has 0 amide bonds. The topological polar surface area (TPSA) is 121 Å². The first kappa shape index (κ1) is 16.9. The number of nitrogens with one attached hydrogen (secondary N) is 2. The summed E-state index contributed by atoms with van der Waals surface area (Å²) in [6.45, 7) is -1.72. The van der Waals surface area contributed by atoms with Crippen molar-refractivity contribution in [2.24, 2.45) is 0 Å². The zero-order chi connectivity index (χ0) is 15.4. The molecule has 0 spiro atoms. The van der Waals surface area contributed by atoms with Crippen molar-refractivity contribution >= 4 is 44.4 Å². The van der Waals surface area contributed by atoms with E-state index in [4.69, 9.17) is 5.11 Å². The molecule has 0 unspecified atom stereocenters. The molecule has 0 fully saturated rings. The van der Waals surface area contributed by atoms with Crippen LogP contribution >= 0.6 is 23.1 Å². The van der Waals surface area contributed by atoms with Gasteiger partial charge in [-0.2, -0.15) is 26.3 Å². The Bertz CT molecular complexity index is 572. The number of rotatable bonds is 7. The summed E-state index contributed by atoms with van der Waals surface area (Å²) in [6, 6.07) is 0. The van der Waals surface area contributed by atoms with E-state index in [0.29, 0.717) is 11.3 Å². The molecule has 3 N–H and O–H groups in total.